The number of likely N-dealkylation sites (tertiary alicyclic amines) is 1. The topological polar surface area (TPSA) is 41.1 Å². The highest BCUT2D eigenvalue weighted by Gasteiger charge is 2.45. The molecule has 3 aliphatic carbocycles. The lowest BCUT2D eigenvalue weighted by atomic mass is 9.86. The Labute approximate surface area is 176 Å². The fourth-order valence-corrected chi connectivity index (χ4v) is 7.37. The van der Waals surface area contributed by atoms with Crippen molar-refractivity contribution in [3.05, 3.63) is 15.7 Å². The van der Waals surface area contributed by atoms with Crippen molar-refractivity contribution in [3.63, 3.8) is 0 Å². The zero-order valence-corrected chi connectivity index (χ0v) is 18.0. The van der Waals surface area contributed by atoms with Gasteiger partial charge in [-0.2, -0.15) is 0 Å². The van der Waals surface area contributed by atoms with Crippen LogP contribution in [0.1, 0.15) is 68.2 Å². The van der Waals surface area contributed by atoms with Gasteiger partial charge in [0.2, 0.25) is 5.28 Å². The van der Waals surface area contributed by atoms with E-state index in [1.165, 1.54) is 93.1 Å². The van der Waals surface area contributed by atoms with Crippen LogP contribution in [-0.2, 0) is 12.8 Å². The number of hydrogen-bond donors (Lipinski definition) is 1. The molecular formula is C22H29ClN4S. The van der Waals surface area contributed by atoms with Gasteiger partial charge in [0, 0.05) is 17.0 Å². The van der Waals surface area contributed by atoms with E-state index in [4.69, 9.17) is 11.6 Å². The van der Waals surface area contributed by atoms with Crippen LogP contribution in [0, 0.1) is 5.41 Å². The summed E-state index contributed by atoms with van der Waals surface area (Å²) in [5.41, 5.74) is 2.27. The van der Waals surface area contributed by atoms with Crippen LogP contribution in [0.5, 0.6) is 0 Å². The normalized spacial score (nSPS) is 29.3. The molecule has 150 valence electrons. The Kier molecular flexibility index (Phi) is 4.36. The molecule has 0 bridgehead atoms. The third kappa shape index (κ3) is 3.14. The van der Waals surface area contributed by atoms with E-state index in [-0.39, 0.29) is 0 Å². The molecule has 0 amide bonds. The summed E-state index contributed by atoms with van der Waals surface area (Å²) in [6.45, 7) is 2.68. The van der Waals surface area contributed by atoms with Crippen LogP contribution < -0.4 is 5.32 Å². The number of rotatable bonds is 3. The zero-order chi connectivity index (χ0) is 18.7. The fourth-order valence-electron chi connectivity index (χ4n) is 5.89. The predicted octanol–water partition coefficient (Wildman–Crippen LogP) is 5.43. The SMILES string of the molecule is Clc1nc(N[C@H]2CC[C@H](N3CCC4(CC3)CC4)CC2)c2c3c(sc2n1)CCC3. The minimum absolute atomic E-state index is 0.380. The van der Waals surface area contributed by atoms with Crippen molar-refractivity contribution in [2.75, 3.05) is 18.4 Å². The molecule has 1 aliphatic heterocycles. The van der Waals surface area contributed by atoms with Crippen molar-refractivity contribution in [1.82, 2.24) is 14.9 Å². The van der Waals surface area contributed by atoms with E-state index in [1.807, 2.05) is 11.3 Å². The van der Waals surface area contributed by atoms with Crippen LogP contribution in [-0.4, -0.2) is 40.0 Å². The van der Waals surface area contributed by atoms with E-state index in [0.717, 1.165) is 28.5 Å². The number of aromatic nitrogens is 2. The van der Waals surface area contributed by atoms with Crippen LogP contribution in [0.3, 0.4) is 0 Å². The van der Waals surface area contributed by atoms with Gasteiger partial charge in [-0.3, -0.25) is 0 Å². The van der Waals surface area contributed by atoms with Gasteiger partial charge in [-0.15, -0.1) is 11.3 Å². The maximum absolute atomic E-state index is 6.25. The van der Waals surface area contributed by atoms with Gasteiger partial charge in [0.1, 0.15) is 10.6 Å². The maximum Gasteiger partial charge on any atom is 0.225 e. The van der Waals surface area contributed by atoms with Crippen molar-refractivity contribution in [1.29, 1.82) is 0 Å². The average Bonchev–Trinajstić information content (AvgIpc) is 3.13. The number of anilines is 1. The van der Waals surface area contributed by atoms with Gasteiger partial charge >= 0.3 is 0 Å². The summed E-state index contributed by atoms with van der Waals surface area (Å²) in [6.07, 6.45) is 14.6. The molecule has 1 saturated heterocycles. The molecule has 2 aromatic rings. The van der Waals surface area contributed by atoms with Gasteiger partial charge in [0.25, 0.3) is 0 Å². The molecule has 0 radical (unpaired) electrons. The highest BCUT2D eigenvalue weighted by Crippen LogP contribution is 2.54. The van der Waals surface area contributed by atoms with E-state index in [2.05, 4.69) is 20.2 Å². The molecule has 3 heterocycles. The van der Waals surface area contributed by atoms with Gasteiger partial charge in [-0.05, 0) is 106 Å². The van der Waals surface area contributed by atoms with E-state index in [1.54, 1.807) is 0 Å². The van der Waals surface area contributed by atoms with Crippen molar-refractivity contribution in [2.45, 2.75) is 82.7 Å². The fraction of sp³-hybridized carbons (Fsp3) is 0.727. The van der Waals surface area contributed by atoms with E-state index in [0.29, 0.717) is 11.3 Å². The minimum atomic E-state index is 0.380. The number of thiophene rings is 1. The Morgan fingerprint density at radius 3 is 2.54 bits per heavy atom. The van der Waals surface area contributed by atoms with Gasteiger partial charge in [-0.25, -0.2) is 9.97 Å². The number of nitrogens with one attached hydrogen (secondary N) is 1. The Morgan fingerprint density at radius 1 is 1.00 bits per heavy atom. The molecule has 1 N–H and O–H groups in total. The Balaban J connectivity index is 1.14. The summed E-state index contributed by atoms with van der Waals surface area (Å²) < 4.78 is 0. The second-order valence-electron chi connectivity index (χ2n) is 9.56. The van der Waals surface area contributed by atoms with Gasteiger partial charge in [-0.1, -0.05) is 0 Å². The average molecular weight is 417 g/mol. The summed E-state index contributed by atoms with van der Waals surface area (Å²) in [6, 6.07) is 1.32. The van der Waals surface area contributed by atoms with Gasteiger partial charge < -0.3 is 10.2 Å². The summed E-state index contributed by atoms with van der Waals surface area (Å²) >= 11 is 8.07. The second kappa shape index (κ2) is 6.82. The van der Waals surface area contributed by atoms with E-state index >= 15 is 0 Å². The lowest BCUT2D eigenvalue weighted by molar-refractivity contribution is 0.0975. The van der Waals surface area contributed by atoms with Crippen LogP contribution >= 0.6 is 22.9 Å². The number of fused-ring (bicyclic) bond motifs is 3. The zero-order valence-electron chi connectivity index (χ0n) is 16.5. The molecule has 6 rings (SSSR count). The van der Waals surface area contributed by atoms with Gasteiger partial charge in [0.05, 0.1) is 5.39 Å². The highest BCUT2D eigenvalue weighted by molar-refractivity contribution is 7.19. The molecule has 28 heavy (non-hydrogen) atoms. The third-order valence-corrected chi connectivity index (χ3v) is 9.26. The molecule has 0 aromatic carbocycles. The summed E-state index contributed by atoms with van der Waals surface area (Å²) in [7, 11) is 0. The molecule has 4 aliphatic rings. The molecule has 3 fully saturated rings. The van der Waals surface area contributed by atoms with Crippen molar-refractivity contribution < 1.29 is 0 Å². The number of nitrogens with zero attached hydrogens (tertiary/aromatic N) is 3. The molecule has 2 saturated carbocycles. The Morgan fingerprint density at radius 2 is 1.79 bits per heavy atom. The first-order chi connectivity index (χ1) is 13.7. The first-order valence-corrected chi connectivity index (χ1v) is 12.4. The number of hydrogen-bond acceptors (Lipinski definition) is 5. The maximum atomic E-state index is 6.25. The van der Waals surface area contributed by atoms with Crippen molar-refractivity contribution >= 4 is 39.0 Å². The Hall–Kier alpha value is -0.910. The number of piperidine rings is 1. The molecule has 2 aromatic heterocycles. The standard InChI is InChI=1S/C22H29ClN4S/c23-21-25-19(18-16-2-1-3-17(16)28-20(18)26-21)24-14-4-6-15(7-5-14)27-12-10-22(8-9-22)11-13-27/h14-15H,1-13H2,(H,24,25,26)/t14-,15-. The summed E-state index contributed by atoms with van der Waals surface area (Å²) in [5.74, 6) is 0.992. The van der Waals surface area contributed by atoms with E-state index < -0.39 is 0 Å². The van der Waals surface area contributed by atoms with E-state index in [9.17, 15) is 0 Å². The first kappa shape index (κ1) is 17.9. The van der Waals surface area contributed by atoms with Crippen LogP contribution in [0.2, 0.25) is 5.28 Å². The smallest absolute Gasteiger partial charge is 0.225 e. The van der Waals surface area contributed by atoms with Crippen LogP contribution in [0.25, 0.3) is 10.2 Å². The molecule has 0 unspecified atom stereocenters. The predicted molar refractivity (Wildman–Crippen MR) is 117 cm³/mol. The quantitative estimate of drug-likeness (QED) is 0.677. The lowest BCUT2D eigenvalue weighted by Gasteiger charge is -2.41. The molecule has 4 nitrogen and oxygen atoms in total. The second-order valence-corrected chi connectivity index (χ2v) is 11.0. The Bertz CT molecular complexity index is 888. The third-order valence-electron chi connectivity index (χ3n) is 7.91. The van der Waals surface area contributed by atoms with Crippen molar-refractivity contribution in [2.24, 2.45) is 5.41 Å². The highest BCUT2D eigenvalue weighted by atomic mass is 35.5. The molecule has 6 heteroatoms. The molecule has 0 atom stereocenters. The molecule has 1 spiro atoms. The summed E-state index contributed by atoms with van der Waals surface area (Å²) in [5, 5.41) is 5.42. The molecular weight excluding hydrogens is 388 g/mol. The number of halogens is 1. The van der Waals surface area contributed by atoms with Gasteiger partial charge in [0.15, 0.2) is 0 Å². The summed E-state index contributed by atoms with van der Waals surface area (Å²) in [4.78, 5) is 14.5. The monoisotopic (exact) mass is 416 g/mol. The number of aryl methyl sites for hydroxylation is 2. The first-order valence-electron chi connectivity index (χ1n) is 11.2. The van der Waals surface area contributed by atoms with Crippen molar-refractivity contribution in [3.8, 4) is 0 Å². The van der Waals surface area contributed by atoms with Crippen LogP contribution in [0.4, 0.5) is 5.82 Å². The van der Waals surface area contributed by atoms with Crippen LogP contribution in [0.15, 0.2) is 0 Å². The minimum Gasteiger partial charge on any atom is -0.367 e. The lowest BCUT2D eigenvalue weighted by Crippen LogP contribution is -2.45. The largest absolute Gasteiger partial charge is 0.367 e.